The van der Waals surface area contributed by atoms with Gasteiger partial charge in [-0.15, -0.1) is 5.56 Å². The Kier molecular flexibility index (Phi) is 17.1. The first-order valence-electron chi connectivity index (χ1n) is 18.8. The van der Waals surface area contributed by atoms with Gasteiger partial charge < -0.3 is 19.0 Å². The number of fused-ring (bicyclic) bond motifs is 2. The van der Waals surface area contributed by atoms with E-state index in [1.54, 1.807) is 11.1 Å². The standard InChI is InChI=1S/C20H20N4OS.C15H14F3N3O4S2.C6H6N.BrH.Zn/c1-13-5-6-16-17(12-13)26-19(22-16)23-20(25)24-10-7-15(8-11-24)18-14(2)4-3-9-21-18;1-9-2-3-11-12(8-9)26-13(19-11)20-14(22)21-6-4-10(5-7-21)25-27(23,24)15(16,17)18;1-6-3-2-4-7-5-6;;/h3-7,9,12H,8,10-11H2,1-2H3,(H,22,23,25);2-4,8H,5-7H2,1H3,(H,19,20,22);2-4H,1H3;1H;/q;;-1;;+2/p-1. The molecule has 21 heteroatoms. The minimum absolute atomic E-state index is 0.00898. The topological polar surface area (TPSA) is 160 Å². The normalized spacial score (nSPS) is 13.9. The molecule has 2 N–H and O–H groups in total. The molecule has 0 fully saturated rings. The molecule has 8 rings (SSSR count). The molecule has 0 unspecified atom stereocenters. The Labute approximate surface area is 381 Å². The molecule has 2 aliphatic heterocycles. The number of urea groups is 2. The van der Waals surface area contributed by atoms with Crippen molar-refractivity contribution >= 4 is 94.7 Å². The van der Waals surface area contributed by atoms with Crippen LogP contribution in [0.4, 0.5) is 33.0 Å². The molecule has 0 aliphatic carbocycles. The van der Waals surface area contributed by atoms with Crippen molar-refractivity contribution in [3.8, 4) is 0 Å². The zero-order valence-corrected chi connectivity index (χ0v) is 41.0. The van der Waals surface area contributed by atoms with Crippen LogP contribution in [0.25, 0.3) is 26.0 Å². The van der Waals surface area contributed by atoms with Crippen LogP contribution in [0.15, 0.2) is 91.0 Å². The predicted molar refractivity (Wildman–Crippen MR) is 237 cm³/mol. The van der Waals surface area contributed by atoms with Gasteiger partial charge >= 0.3 is 57.7 Å². The molecule has 0 radical (unpaired) electrons. The monoisotopic (exact) mass is 1020 g/mol. The third kappa shape index (κ3) is 13.3. The summed E-state index contributed by atoms with van der Waals surface area (Å²) in [5, 5.41) is 6.61. The van der Waals surface area contributed by atoms with E-state index >= 15 is 0 Å². The number of carbonyl (C=O) groups is 2. The Morgan fingerprint density at radius 1 is 0.806 bits per heavy atom. The molecule has 6 heterocycles. The number of benzene rings is 2. The number of rotatable bonds is 5. The number of thiazole rings is 2. The van der Waals surface area contributed by atoms with Crippen LogP contribution in [0.3, 0.4) is 0 Å². The number of hydrogen-bond acceptors (Lipinski definition) is 11. The number of carbonyl (C=O) groups excluding carboxylic acids is 2. The van der Waals surface area contributed by atoms with E-state index in [0.29, 0.717) is 23.4 Å². The van der Waals surface area contributed by atoms with Crippen molar-refractivity contribution in [2.75, 3.05) is 36.8 Å². The van der Waals surface area contributed by atoms with Crippen molar-refractivity contribution < 1.29 is 51.7 Å². The molecule has 4 aromatic heterocycles. The second kappa shape index (κ2) is 22.0. The van der Waals surface area contributed by atoms with Gasteiger partial charge in [0.05, 0.1) is 26.1 Å². The molecule has 4 amide bonds. The van der Waals surface area contributed by atoms with Crippen molar-refractivity contribution in [3.63, 3.8) is 0 Å². The Morgan fingerprint density at radius 2 is 1.35 bits per heavy atom. The number of hydrogen-bond donors (Lipinski definition) is 2. The fourth-order valence-electron chi connectivity index (χ4n) is 5.91. The van der Waals surface area contributed by atoms with Crippen LogP contribution in [-0.4, -0.2) is 81.9 Å². The fourth-order valence-corrected chi connectivity index (χ4v) is 8.34. The molecule has 2 aromatic carbocycles. The third-order valence-electron chi connectivity index (χ3n) is 9.03. The number of anilines is 2. The van der Waals surface area contributed by atoms with Crippen LogP contribution < -0.4 is 10.6 Å². The second-order valence-electron chi connectivity index (χ2n) is 13.7. The van der Waals surface area contributed by atoms with E-state index in [2.05, 4.69) is 86.6 Å². The van der Waals surface area contributed by atoms with E-state index < -0.39 is 21.7 Å². The van der Waals surface area contributed by atoms with Crippen molar-refractivity contribution in [1.29, 1.82) is 0 Å². The molecule has 0 atom stereocenters. The number of nitrogens with zero attached hydrogens (tertiary/aromatic N) is 6. The van der Waals surface area contributed by atoms with E-state index in [1.807, 2.05) is 68.6 Å². The second-order valence-corrected chi connectivity index (χ2v) is 17.3. The summed E-state index contributed by atoms with van der Waals surface area (Å²) in [5.41, 5.74) is 2.92. The van der Waals surface area contributed by atoms with Gasteiger partial charge in [0.1, 0.15) is 5.76 Å². The number of aryl methyl sites for hydroxylation is 4. The fraction of sp³-hybridized carbons (Fsp3) is 0.268. The van der Waals surface area contributed by atoms with E-state index in [4.69, 9.17) is 0 Å². The number of pyridine rings is 2. The average Bonchev–Trinajstić information content (AvgIpc) is 3.84. The average molecular weight is 1020 g/mol. The van der Waals surface area contributed by atoms with Crippen LogP contribution in [0.1, 0.15) is 40.8 Å². The SMILES string of the molecule is Cc1[c-]nccc1.Cc1ccc2nc(NC(=O)N3CC=C(OS(=O)(=O)C(F)(F)F)CC3)sc2c1.Cc1ccc2nc(NC(=O)N3CC=C(c4ncccc4C)CC3)sc2c1.[Zn+][Br]. The quantitative estimate of drug-likeness (QED) is 0.0742. The number of nitrogens with one attached hydrogen (secondary N) is 2. The number of aromatic nitrogens is 4. The van der Waals surface area contributed by atoms with Gasteiger partial charge in [0, 0.05) is 38.8 Å². The molecule has 0 saturated carbocycles. The van der Waals surface area contributed by atoms with Crippen LogP contribution in [-0.2, 0) is 30.6 Å². The van der Waals surface area contributed by atoms with Gasteiger partial charge in [-0.05, 0) is 85.9 Å². The Morgan fingerprint density at radius 3 is 1.79 bits per heavy atom. The Hall–Kier alpha value is -4.82. The Bertz CT molecular complexity index is 2680. The molecule has 322 valence electrons. The van der Waals surface area contributed by atoms with Gasteiger partial charge in [-0.1, -0.05) is 66.3 Å². The molecular weight excluding hydrogens is 983 g/mol. The first kappa shape index (κ1) is 48.2. The predicted octanol–water partition coefficient (Wildman–Crippen LogP) is 10.3. The maximum atomic E-state index is 12.6. The van der Waals surface area contributed by atoms with Crippen molar-refractivity contribution in [1.82, 2.24) is 29.7 Å². The number of alkyl halides is 3. The van der Waals surface area contributed by atoms with Gasteiger partial charge in [0.25, 0.3) is 0 Å². The summed E-state index contributed by atoms with van der Waals surface area (Å²) < 4.78 is 65.1. The van der Waals surface area contributed by atoms with E-state index in [9.17, 15) is 31.2 Å². The van der Waals surface area contributed by atoms with Crippen molar-refractivity contribution in [2.24, 2.45) is 0 Å². The van der Waals surface area contributed by atoms with E-state index in [1.165, 1.54) is 60.6 Å². The van der Waals surface area contributed by atoms with Crippen LogP contribution in [0.2, 0.25) is 0 Å². The molecule has 6 aromatic rings. The van der Waals surface area contributed by atoms with Crippen LogP contribution >= 0.6 is 36.3 Å². The number of amides is 4. The van der Waals surface area contributed by atoms with Gasteiger partial charge in [0.15, 0.2) is 10.3 Å². The molecular formula is C41H40BrF3N8O5S3Zn. The zero-order chi connectivity index (χ0) is 45.0. The number of halogens is 4. The summed E-state index contributed by atoms with van der Waals surface area (Å²) in [4.78, 5) is 45.0. The summed E-state index contributed by atoms with van der Waals surface area (Å²) in [5.74, 6) is -0.341. The molecule has 13 nitrogen and oxygen atoms in total. The van der Waals surface area contributed by atoms with Crippen LogP contribution in [0.5, 0.6) is 0 Å². The third-order valence-corrected chi connectivity index (χ3v) is 11.9. The van der Waals surface area contributed by atoms with Crippen molar-refractivity contribution in [2.45, 2.75) is 46.0 Å². The molecule has 0 spiro atoms. The van der Waals surface area contributed by atoms with E-state index in [0.717, 1.165) is 49.8 Å². The van der Waals surface area contributed by atoms with E-state index in [-0.39, 0.29) is 31.3 Å². The first-order valence-corrected chi connectivity index (χ1v) is 28.8. The molecule has 0 bridgehead atoms. The van der Waals surface area contributed by atoms with Gasteiger partial charge in [0.2, 0.25) is 0 Å². The summed E-state index contributed by atoms with van der Waals surface area (Å²) in [7, 11) is -5.70. The summed E-state index contributed by atoms with van der Waals surface area (Å²) in [6.07, 6.45) is 10.2. The van der Waals surface area contributed by atoms with Gasteiger partial charge in [-0.25, -0.2) is 19.6 Å². The summed E-state index contributed by atoms with van der Waals surface area (Å²) >= 11 is 7.06. The Balaban J connectivity index is 0.000000196. The van der Waals surface area contributed by atoms with Crippen LogP contribution in [0, 0.1) is 33.9 Å². The molecule has 62 heavy (non-hydrogen) atoms. The maximum absolute atomic E-state index is 12.6. The summed E-state index contributed by atoms with van der Waals surface area (Å²) in [6, 6.07) is 19.1. The molecule has 0 saturated heterocycles. The van der Waals surface area contributed by atoms with Gasteiger partial charge in [-0.3, -0.25) is 15.6 Å². The summed E-state index contributed by atoms with van der Waals surface area (Å²) in [6.45, 7) is 9.21. The van der Waals surface area contributed by atoms with Gasteiger partial charge in [-0.2, -0.15) is 33.7 Å². The zero-order valence-electron chi connectivity index (χ0n) is 34.0. The molecule has 2 aliphatic rings. The minimum atomic E-state index is -5.70. The van der Waals surface area contributed by atoms with Crippen molar-refractivity contribution in [3.05, 3.63) is 125 Å². The first-order chi connectivity index (χ1) is 29.5.